The number of likely N-dealkylation sites (tertiary alicyclic amines) is 1. The lowest BCUT2D eigenvalue weighted by Crippen LogP contribution is -2.50. The third-order valence-corrected chi connectivity index (χ3v) is 4.56. The summed E-state index contributed by atoms with van der Waals surface area (Å²) in [6, 6.07) is 6.27. The zero-order valence-electron chi connectivity index (χ0n) is 18.5. The van der Waals surface area contributed by atoms with Gasteiger partial charge >= 0.3 is 6.09 Å². The van der Waals surface area contributed by atoms with Crippen LogP contribution in [0.25, 0.3) is 0 Å². The van der Waals surface area contributed by atoms with Gasteiger partial charge in [-0.2, -0.15) is 0 Å². The number of ether oxygens (including phenoxy) is 1. The fourth-order valence-corrected chi connectivity index (χ4v) is 2.91. The zero-order valence-corrected chi connectivity index (χ0v) is 20.0. The van der Waals surface area contributed by atoms with Crippen molar-refractivity contribution in [3.63, 3.8) is 0 Å². The van der Waals surface area contributed by atoms with Gasteiger partial charge in [-0.3, -0.25) is 9.59 Å². The summed E-state index contributed by atoms with van der Waals surface area (Å²) >= 11 is 3.33. The predicted octanol–water partition coefficient (Wildman–Crippen LogP) is 3.46. The predicted molar refractivity (Wildman–Crippen MR) is 117 cm³/mol. The van der Waals surface area contributed by atoms with E-state index in [4.69, 9.17) is 4.74 Å². The summed E-state index contributed by atoms with van der Waals surface area (Å²) in [7, 11) is 3.38. The average Bonchev–Trinajstić information content (AvgIpc) is 3.01. The molecule has 0 saturated carbocycles. The first-order valence-electron chi connectivity index (χ1n) is 9.75. The molecule has 0 aromatic heterocycles. The molecule has 1 aliphatic rings. The number of alkyl halides is 2. The van der Waals surface area contributed by atoms with Crippen LogP contribution < -0.4 is 5.32 Å². The van der Waals surface area contributed by atoms with E-state index in [1.54, 1.807) is 47.0 Å². The van der Waals surface area contributed by atoms with Gasteiger partial charge in [0.2, 0.25) is 12.3 Å². The van der Waals surface area contributed by atoms with Crippen LogP contribution in [-0.2, 0) is 20.7 Å². The molecule has 3 amide bonds. The Morgan fingerprint density at radius 2 is 1.84 bits per heavy atom. The first-order valence-corrected chi connectivity index (χ1v) is 10.5. The number of hydrogen-bond acceptors (Lipinski definition) is 4. The van der Waals surface area contributed by atoms with Gasteiger partial charge in [-0.25, -0.2) is 13.6 Å². The highest BCUT2D eigenvalue weighted by atomic mass is 79.9. The SMILES string of the molecule is CC(C)(C)OC(=O)N[C@@H](Cc1ccc(Br)cc1)C(=O)N1CCC(F)(F)C1.CN(C)C=O. The Kier molecular flexibility index (Phi) is 9.86. The molecule has 2 rings (SSSR count). The van der Waals surface area contributed by atoms with Crippen LogP contribution in [0.5, 0.6) is 0 Å². The molecule has 0 bridgehead atoms. The minimum absolute atomic E-state index is 0.0291. The Labute approximate surface area is 190 Å². The number of benzene rings is 1. The number of nitrogens with one attached hydrogen (secondary N) is 1. The minimum atomic E-state index is -2.89. The van der Waals surface area contributed by atoms with Crippen LogP contribution in [0, 0.1) is 0 Å². The molecule has 1 saturated heterocycles. The first-order chi connectivity index (χ1) is 14.2. The van der Waals surface area contributed by atoms with Gasteiger partial charge in [0, 0.05) is 38.0 Å². The van der Waals surface area contributed by atoms with Crippen molar-refractivity contribution in [2.45, 2.75) is 51.2 Å². The Balaban J connectivity index is 0.000000861. The molecule has 1 aromatic rings. The second kappa shape index (κ2) is 11.4. The van der Waals surface area contributed by atoms with Gasteiger partial charge in [0.1, 0.15) is 11.6 Å². The summed E-state index contributed by atoms with van der Waals surface area (Å²) < 4.78 is 33.0. The smallest absolute Gasteiger partial charge is 0.408 e. The molecule has 1 atom stereocenters. The molecule has 1 aliphatic heterocycles. The fourth-order valence-electron chi connectivity index (χ4n) is 2.65. The number of nitrogens with zero attached hydrogens (tertiary/aromatic N) is 2. The second-order valence-electron chi connectivity index (χ2n) is 8.46. The second-order valence-corrected chi connectivity index (χ2v) is 9.38. The Bertz CT molecular complexity index is 752. The number of halogens is 3. The van der Waals surface area contributed by atoms with Crippen molar-refractivity contribution in [3.8, 4) is 0 Å². The van der Waals surface area contributed by atoms with Gasteiger partial charge in [-0.05, 0) is 38.5 Å². The summed E-state index contributed by atoms with van der Waals surface area (Å²) in [5.74, 6) is -3.42. The molecular formula is C21H30BrF2N3O4. The highest BCUT2D eigenvalue weighted by Crippen LogP contribution is 2.27. The maximum Gasteiger partial charge on any atom is 0.408 e. The van der Waals surface area contributed by atoms with Crippen molar-refractivity contribution in [1.82, 2.24) is 15.1 Å². The number of carbonyl (C=O) groups excluding carboxylic acids is 3. The number of alkyl carbamates (subject to hydrolysis) is 1. The summed E-state index contributed by atoms with van der Waals surface area (Å²) in [5, 5.41) is 2.53. The van der Waals surface area contributed by atoms with Crippen molar-refractivity contribution >= 4 is 34.3 Å². The molecular weight excluding hydrogens is 476 g/mol. The number of rotatable bonds is 5. The van der Waals surface area contributed by atoms with E-state index in [0.29, 0.717) is 0 Å². The fraction of sp³-hybridized carbons (Fsp3) is 0.571. The molecule has 0 unspecified atom stereocenters. The lowest BCUT2D eigenvalue weighted by atomic mass is 10.0. The van der Waals surface area contributed by atoms with E-state index < -0.39 is 36.1 Å². The van der Waals surface area contributed by atoms with Crippen molar-refractivity contribution in [2.75, 3.05) is 27.2 Å². The van der Waals surface area contributed by atoms with Crippen LogP contribution in [0.15, 0.2) is 28.7 Å². The van der Waals surface area contributed by atoms with E-state index in [0.717, 1.165) is 21.3 Å². The van der Waals surface area contributed by atoms with Gasteiger partial charge < -0.3 is 19.9 Å². The van der Waals surface area contributed by atoms with E-state index in [9.17, 15) is 23.2 Å². The van der Waals surface area contributed by atoms with Crippen LogP contribution in [0.4, 0.5) is 13.6 Å². The number of hydrogen-bond donors (Lipinski definition) is 1. The van der Waals surface area contributed by atoms with E-state index in [1.165, 1.54) is 4.90 Å². The molecule has 174 valence electrons. The standard InChI is InChI=1S/C18H23BrF2N2O3.C3H7NO/c1-17(2,3)26-16(25)22-14(10-12-4-6-13(19)7-5-12)15(24)23-9-8-18(20,21)11-23;1-4(2)3-5/h4-7,14H,8-11H2,1-3H3,(H,22,25);3H,1-2H3/t14-;/m0./s1. The number of amides is 3. The van der Waals surface area contributed by atoms with Crippen molar-refractivity contribution in [3.05, 3.63) is 34.3 Å². The summed E-state index contributed by atoms with van der Waals surface area (Å²) in [5.41, 5.74) is 0.0734. The Morgan fingerprint density at radius 3 is 2.26 bits per heavy atom. The molecule has 10 heteroatoms. The largest absolute Gasteiger partial charge is 0.444 e. The molecule has 7 nitrogen and oxygen atoms in total. The monoisotopic (exact) mass is 505 g/mol. The van der Waals surface area contributed by atoms with Crippen LogP contribution in [-0.4, -0.2) is 73.0 Å². The minimum Gasteiger partial charge on any atom is -0.444 e. The summed E-state index contributed by atoms with van der Waals surface area (Å²) in [4.78, 5) is 36.8. The molecule has 1 N–H and O–H groups in total. The third kappa shape index (κ3) is 10.6. The van der Waals surface area contributed by atoms with Gasteiger partial charge in [-0.1, -0.05) is 28.1 Å². The average molecular weight is 506 g/mol. The quantitative estimate of drug-likeness (QED) is 0.621. The van der Waals surface area contributed by atoms with Gasteiger partial charge in [0.05, 0.1) is 6.54 Å². The first kappa shape index (κ1) is 26.8. The topological polar surface area (TPSA) is 79.0 Å². The third-order valence-electron chi connectivity index (χ3n) is 4.03. The molecule has 0 radical (unpaired) electrons. The lowest BCUT2D eigenvalue weighted by molar-refractivity contribution is -0.133. The van der Waals surface area contributed by atoms with E-state index in [-0.39, 0.29) is 19.4 Å². The van der Waals surface area contributed by atoms with Gasteiger partial charge in [0.25, 0.3) is 5.92 Å². The van der Waals surface area contributed by atoms with Crippen molar-refractivity contribution in [1.29, 1.82) is 0 Å². The number of carbonyl (C=O) groups is 3. The van der Waals surface area contributed by atoms with Gasteiger partial charge in [0.15, 0.2) is 0 Å². The normalized spacial score (nSPS) is 15.9. The Hall–Kier alpha value is -2.23. The van der Waals surface area contributed by atoms with Crippen LogP contribution >= 0.6 is 15.9 Å². The maximum absolute atomic E-state index is 13.5. The molecule has 31 heavy (non-hydrogen) atoms. The van der Waals surface area contributed by atoms with Crippen molar-refractivity contribution in [2.24, 2.45) is 0 Å². The van der Waals surface area contributed by atoms with E-state index in [2.05, 4.69) is 21.2 Å². The molecule has 1 fully saturated rings. The highest BCUT2D eigenvalue weighted by molar-refractivity contribution is 9.10. The maximum atomic E-state index is 13.5. The van der Waals surface area contributed by atoms with E-state index >= 15 is 0 Å². The van der Waals surface area contributed by atoms with Crippen LogP contribution in [0.3, 0.4) is 0 Å². The summed E-state index contributed by atoms with van der Waals surface area (Å²) in [6.45, 7) is 4.47. The zero-order chi connectivity index (χ0) is 23.8. The molecule has 0 spiro atoms. The lowest BCUT2D eigenvalue weighted by Gasteiger charge is -2.26. The molecule has 1 aromatic carbocycles. The van der Waals surface area contributed by atoms with Crippen molar-refractivity contribution < 1.29 is 27.9 Å². The highest BCUT2D eigenvalue weighted by Gasteiger charge is 2.42. The van der Waals surface area contributed by atoms with Gasteiger partial charge in [-0.15, -0.1) is 0 Å². The molecule has 1 heterocycles. The molecule has 0 aliphatic carbocycles. The van der Waals surface area contributed by atoms with Crippen LogP contribution in [0.2, 0.25) is 0 Å². The van der Waals surface area contributed by atoms with E-state index in [1.807, 2.05) is 12.1 Å². The summed E-state index contributed by atoms with van der Waals surface area (Å²) in [6.07, 6.45) is -0.178. The van der Waals surface area contributed by atoms with Crippen LogP contribution in [0.1, 0.15) is 32.8 Å². The Morgan fingerprint density at radius 1 is 1.29 bits per heavy atom.